The van der Waals surface area contributed by atoms with E-state index in [9.17, 15) is 5.26 Å². The second-order valence-electron chi connectivity index (χ2n) is 4.79. The van der Waals surface area contributed by atoms with Gasteiger partial charge in [-0.3, -0.25) is 4.90 Å². The molecule has 0 radical (unpaired) electrons. The van der Waals surface area contributed by atoms with E-state index in [0.717, 1.165) is 42.3 Å². The maximum atomic E-state index is 9.40. The van der Waals surface area contributed by atoms with Crippen LogP contribution in [0.3, 0.4) is 0 Å². The molecule has 0 spiro atoms. The second-order valence-corrected chi connectivity index (χ2v) is 5.64. The van der Waals surface area contributed by atoms with Gasteiger partial charge < -0.3 is 4.90 Å². The minimum atomic E-state index is -0.0369. The molecule has 20 heavy (non-hydrogen) atoms. The third-order valence-electron chi connectivity index (χ3n) is 3.73. The zero-order valence-electron chi connectivity index (χ0n) is 11.8. The second kappa shape index (κ2) is 6.65. The first-order valence-electron chi connectivity index (χ1n) is 6.67. The summed E-state index contributed by atoms with van der Waals surface area (Å²) in [5.41, 5.74) is 1.78. The van der Waals surface area contributed by atoms with E-state index in [0.29, 0.717) is 0 Å². The molecule has 0 amide bonds. The van der Waals surface area contributed by atoms with Gasteiger partial charge in [0, 0.05) is 31.1 Å². The van der Waals surface area contributed by atoms with Crippen LogP contribution in [0.15, 0.2) is 23.1 Å². The first-order chi connectivity index (χ1) is 9.71. The monoisotopic (exact) mass is 286 g/mol. The van der Waals surface area contributed by atoms with Crippen LogP contribution in [-0.2, 0) is 0 Å². The summed E-state index contributed by atoms with van der Waals surface area (Å²) in [7, 11) is 0. The highest BCUT2D eigenvalue weighted by Gasteiger charge is 2.23. The Labute approximate surface area is 124 Å². The van der Waals surface area contributed by atoms with E-state index in [2.05, 4.69) is 21.9 Å². The summed E-state index contributed by atoms with van der Waals surface area (Å²) < 4.78 is 0. The molecule has 4 nitrogen and oxygen atoms in total. The van der Waals surface area contributed by atoms with Gasteiger partial charge >= 0.3 is 0 Å². The maximum absolute atomic E-state index is 9.40. The van der Waals surface area contributed by atoms with Crippen molar-refractivity contribution in [2.75, 3.05) is 37.3 Å². The van der Waals surface area contributed by atoms with Crippen molar-refractivity contribution in [2.45, 2.75) is 17.9 Å². The number of rotatable bonds is 3. The van der Waals surface area contributed by atoms with Crippen LogP contribution in [0.1, 0.15) is 12.5 Å². The van der Waals surface area contributed by atoms with Crippen LogP contribution in [0.5, 0.6) is 0 Å². The van der Waals surface area contributed by atoms with Gasteiger partial charge in [0.1, 0.15) is 6.07 Å². The average molecular weight is 286 g/mol. The van der Waals surface area contributed by atoms with E-state index in [1.54, 1.807) is 11.8 Å². The molecule has 104 valence electrons. The van der Waals surface area contributed by atoms with Crippen molar-refractivity contribution in [1.29, 1.82) is 10.5 Å². The third kappa shape index (κ3) is 2.90. The Kier molecular flexibility index (Phi) is 4.89. The van der Waals surface area contributed by atoms with Crippen molar-refractivity contribution in [3.8, 4) is 12.1 Å². The number of thioether (sulfide) groups is 1. The molecule has 1 saturated heterocycles. The fraction of sp³-hybridized carbons (Fsp3) is 0.467. The molecule has 1 aromatic rings. The number of nitriles is 2. The maximum Gasteiger partial charge on any atom is 0.103 e. The molecule has 0 bridgehead atoms. The molecule has 0 aromatic heterocycles. The summed E-state index contributed by atoms with van der Waals surface area (Å²) in [6, 6.07) is 10.6. The molecular weight excluding hydrogens is 268 g/mol. The van der Waals surface area contributed by atoms with Crippen LogP contribution in [0, 0.1) is 22.7 Å². The molecule has 1 aliphatic heterocycles. The van der Waals surface area contributed by atoms with Gasteiger partial charge in [-0.25, -0.2) is 0 Å². The number of hydrogen-bond donors (Lipinski definition) is 0. The third-order valence-corrected chi connectivity index (χ3v) is 4.51. The Morgan fingerprint density at radius 2 is 1.90 bits per heavy atom. The quantitative estimate of drug-likeness (QED) is 0.798. The highest BCUT2D eigenvalue weighted by molar-refractivity contribution is 7.98. The lowest BCUT2D eigenvalue weighted by molar-refractivity contribution is 0.231. The first kappa shape index (κ1) is 14.7. The normalized spacial score (nSPS) is 17.3. The molecule has 1 atom stereocenters. The topological polar surface area (TPSA) is 54.1 Å². The largest absolute Gasteiger partial charge is 0.368 e. The number of hydrogen-bond acceptors (Lipinski definition) is 5. The Bertz CT molecular complexity index is 550. The van der Waals surface area contributed by atoms with Gasteiger partial charge in [0.15, 0.2) is 0 Å². The minimum Gasteiger partial charge on any atom is -0.368 e. The predicted molar refractivity (Wildman–Crippen MR) is 81.8 cm³/mol. The van der Waals surface area contributed by atoms with Crippen LogP contribution >= 0.6 is 11.8 Å². The lowest BCUT2D eigenvalue weighted by Crippen LogP contribution is -2.49. The predicted octanol–water partition coefficient (Wildman–Crippen LogP) is 2.31. The van der Waals surface area contributed by atoms with E-state index in [1.165, 1.54) is 0 Å². The first-order valence-corrected chi connectivity index (χ1v) is 7.89. The van der Waals surface area contributed by atoms with Crippen molar-refractivity contribution in [1.82, 2.24) is 4.90 Å². The van der Waals surface area contributed by atoms with Crippen LogP contribution < -0.4 is 4.90 Å². The molecule has 1 unspecified atom stereocenters. The number of piperazine rings is 1. The van der Waals surface area contributed by atoms with Gasteiger partial charge in [-0.05, 0) is 25.3 Å². The molecule has 5 heteroatoms. The molecule has 1 heterocycles. The van der Waals surface area contributed by atoms with Crippen molar-refractivity contribution in [2.24, 2.45) is 0 Å². The van der Waals surface area contributed by atoms with E-state index >= 15 is 0 Å². The zero-order valence-corrected chi connectivity index (χ0v) is 12.7. The van der Waals surface area contributed by atoms with Gasteiger partial charge in [-0.2, -0.15) is 10.5 Å². The standard InChI is InChI=1S/C15H18N4S/c1-12(10-16)18-6-8-19(9-7-18)14-4-3-5-15(20-2)13(14)11-17/h3-5,12H,6-9H2,1-2H3. The summed E-state index contributed by atoms with van der Waals surface area (Å²) in [5.74, 6) is 0. The lowest BCUT2D eigenvalue weighted by atomic mass is 10.1. The highest BCUT2D eigenvalue weighted by atomic mass is 32.2. The smallest absolute Gasteiger partial charge is 0.103 e. The van der Waals surface area contributed by atoms with Crippen LogP contribution in [0.4, 0.5) is 5.69 Å². The van der Waals surface area contributed by atoms with Gasteiger partial charge in [0.2, 0.25) is 0 Å². The fourth-order valence-electron chi connectivity index (χ4n) is 2.50. The Morgan fingerprint density at radius 1 is 1.20 bits per heavy atom. The lowest BCUT2D eigenvalue weighted by Gasteiger charge is -2.37. The summed E-state index contributed by atoms with van der Waals surface area (Å²) in [6.07, 6.45) is 1.99. The Morgan fingerprint density at radius 3 is 2.45 bits per heavy atom. The molecule has 0 saturated carbocycles. The van der Waals surface area contributed by atoms with Crippen LogP contribution in [-0.4, -0.2) is 43.4 Å². The summed E-state index contributed by atoms with van der Waals surface area (Å²) in [4.78, 5) is 5.46. The number of benzene rings is 1. The number of anilines is 1. The zero-order chi connectivity index (χ0) is 14.5. The molecule has 2 rings (SSSR count). The van der Waals surface area contributed by atoms with Gasteiger partial charge in [0.25, 0.3) is 0 Å². The van der Waals surface area contributed by atoms with Crippen molar-refractivity contribution in [3.05, 3.63) is 23.8 Å². The molecule has 1 fully saturated rings. The molecule has 1 aliphatic rings. The SMILES string of the molecule is CSc1cccc(N2CCN(C(C)C#N)CC2)c1C#N. The average Bonchev–Trinajstić information content (AvgIpc) is 2.53. The molecule has 0 N–H and O–H groups in total. The molecule has 1 aromatic carbocycles. The van der Waals surface area contributed by atoms with Gasteiger partial charge in [-0.15, -0.1) is 11.8 Å². The molecule has 0 aliphatic carbocycles. The van der Waals surface area contributed by atoms with Crippen LogP contribution in [0.2, 0.25) is 0 Å². The van der Waals surface area contributed by atoms with Gasteiger partial charge in [0.05, 0.1) is 23.4 Å². The molecular formula is C15H18N4S. The summed E-state index contributed by atoms with van der Waals surface area (Å²) in [5, 5.41) is 18.4. The van der Waals surface area contributed by atoms with Crippen molar-refractivity contribution < 1.29 is 0 Å². The van der Waals surface area contributed by atoms with Gasteiger partial charge in [-0.1, -0.05) is 6.07 Å². The highest BCUT2D eigenvalue weighted by Crippen LogP contribution is 2.29. The Balaban J connectivity index is 2.16. The fourth-order valence-corrected chi connectivity index (χ4v) is 3.07. The summed E-state index contributed by atoms with van der Waals surface area (Å²) in [6.45, 7) is 5.38. The van der Waals surface area contributed by atoms with E-state index in [4.69, 9.17) is 5.26 Å². The van der Waals surface area contributed by atoms with Crippen molar-refractivity contribution >= 4 is 17.4 Å². The summed E-state index contributed by atoms with van der Waals surface area (Å²) >= 11 is 1.60. The Hall–Kier alpha value is -1.69. The van der Waals surface area contributed by atoms with Crippen molar-refractivity contribution in [3.63, 3.8) is 0 Å². The number of nitrogens with zero attached hydrogens (tertiary/aromatic N) is 4. The van der Waals surface area contributed by atoms with E-state index in [-0.39, 0.29) is 6.04 Å². The minimum absolute atomic E-state index is 0.0369. The van der Waals surface area contributed by atoms with E-state index < -0.39 is 0 Å². The van der Waals surface area contributed by atoms with E-state index in [1.807, 2.05) is 31.4 Å². The van der Waals surface area contributed by atoms with Crippen LogP contribution in [0.25, 0.3) is 0 Å².